The van der Waals surface area contributed by atoms with Crippen molar-refractivity contribution in [3.05, 3.63) is 149 Å². The Bertz CT molecular complexity index is 2100. The van der Waals surface area contributed by atoms with Gasteiger partial charge in [0.05, 0.1) is 0 Å². The number of hydrogen-bond donors (Lipinski definition) is 1. The van der Waals surface area contributed by atoms with E-state index < -0.39 is 35.8 Å². The maximum Gasteiger partial charge on any atom is 0.347 e. The molecule has 0 fully saturated rings. The van der Waals surface area contributed by atoms with Crippen LogP contribution in [0, 0.1) is 0 Å². The molecular formula is C37H24O12. The second-order valence-electron chi connectivity index (χ2n) is 9.94. The molecule has 0 aliphatic heterocycles. The molecule has 0 saturated heterocycles. The van der Waals surface area contributed by atoms with E-state index in [-0.39, 0.29) is 56.6 Å². The maximum absolute atomic E-state index is 13.4. The number of hydrogen-bond acceptors (Lipinski definition) is 11. The molecular weight excluding hydrogens is 636 g/mol. The molecule has 0 unspecified atom stereocenters. The van der Waals surface area contributed by atoms with E-state index in [1.54, 1.807) is 12.1 Å². The molecule has 0 aliphatic carbocycles. The van der Waals surface area contributed by atoms with Gasteiger partial charge in [-0.05, 0) is 60.7 Å². The van der Waals surface area contributed by atoms with E-state index in [2.05, 4.69) is 0 Å². The first-order valence-electron chi connectivity index (χ1n) is 14.4. The molecule has 0 atom stereocenters. The highest BCUT2D eigenvalue weighted by molar-refractivity contribution is 6.01. The third-order valence-corrected chi connectivity index (χ3v) is 6.61. The molecule has 0 heterocycles. The summed E-state index contributed by atoms with van der Waals surface area (Å²) < 4.78 is 26.9. The Morgan fingerprint density at radius 1 is 0.367 bits per heavy atom. The highest BCUT2D eigenvalue weighted by Crippen LogP contribution is 2.28. The van der Waals surface area contributed by atoms with Gasteiger partial charge in [0.2, 0.25) is 0 Å². The topological polar surface area (TPSA) is 169 Å². The van der Waals surface area contributed by atoms with Crippen molar-refractivity contribution in [1.29, 1.82) is 0 Å². The number of rotatable bonds is 10. The van der Waals surface area contributed by atoms with Crippen molar-refractivity contribution in [3.63, 3.8) is 0 Å². The smallest absolute Gasteiger partial charge is 0.347 e. The number of carbonyl (C=O) groups excluding carboxylic acids is 5. The van der Waals surface area contributed by atoms with Crippen LogP contribution in [0.15, 0.2) is 121 Å². The van der Waals surface area contributed by atoms with Crippen molar-refractivity contribution in [2.75, 3.05) is 0 Å². The molecule has 1 N–H and O–H groups in total. The van der Waals surface area contributed by atoms with E-state index >= 15 is 0 Å². The summed E-state index contributed by atoms with van der Waals surface area (Å²) in [6.07, 6.45) is 0. The Morgan fingerprint density at radius 3 is 0.857 bits per heavy atom. The van der Waals surface area contributed by atoms with Crippen LogP contribution >= 0.6 is 0 Å². The van der Waals surface area contributed by atoms with Crippen LogP contribution in [0.1, 0.15) is 58.7 Å². The summed E-state index contributed by atoms with van der Waals surface area (Å²) in [6, 6.07) is 28.5. The fraction of sp³-hybridized carbons (Fsp3) is 0.0270. The third-order valence-electron chi connectivity index (χ3n) is 6.61. The average Bonchev–Trinajstić information content (AvgIpc) is 3.09. The summed E-state index contributed by atoms with van der Waals surface area (Å²) in [5.74, 6) is -6.69. The zero-order chi connectivity index (χ0) is 34.9. The van der Waals surface area contributed by atoms with Gasteiger partial charge in [-0.3, -0.25) is 4.79 Å². The van der Waals surface area contributed by atoms with Crippen LogP contribution in [-0.2, 0) is 4.79 Å². The molecule has 12 heteroatoms. The number of ether oxygens (including phenoxy) is 5. The van der Waals surface area contributed by atoms with E-state index in [9.17, 15) is 33.9 Å². The zero-order valence-corrected chi connectivity index (χ0v) is 25.5. The molecule has 0 saturated carbocycles. The molecule has 5 aromatic rings. The number of aromatic carboxylic acids is 1. The summed E-state index contributed by atoms with van der Waals surface area (Å²) in [5.41, 5.74) is -0.858. The minimum atomic E-state index is -1.31. The van der Waals surface area contributed by atoms with E-state index in [0.29, 0.717) is 0 Å². The predicted molar refractivity (Wildman–Crippen MR) is 170 cm³/mol. The van der Waals surface area contributed by atoms with Crippen molar-refractivity contribution >= 4 is 35.8 Å². The van der Waals surface area contributed by atoms with E-state index in [0.717, 1.165) is 0 Å². The SMILES string of the molecule is CC(=O)Oc1ccccc1C(=O)Oc1ccccc1C(=O)Oc1ccccc1C(=O)Oc1ccccc1C(=O)Oc1ccccc1C(=O)O. The first-order chi connectivity index (χ1) is 23.6. The summed E-state index contributed by atoms with van der Waals surface area (Å²) in [5, 5.41) is 9.41. The normalized spacial score (nSPS) is 10.3. The van der Waals surface area contributed by atoms with Crippen LogP contribution < -0.4 is 23.7 Å². The molecule has 0 amide bonds. The fourth-order valence-corrected chi connectivity index (χ4v) is 4.40. The first-order valence-corrected chi connectivity index (χ1v) is 14.4. The van der Waals surface area contributed by atoms with Crippen LogP contribution in [0.4, 0.5) is 0 Å². The van der Waals surface area contributed by atoms with Gasteiger partial charge in [-0.1, -0.05) is 60.7 Å². The van der Waals surface area contributed by atoms with Gasteiger partial charge >= 0.3 is 35.8 Å². The highest BCUT2D eigenvalue weighted by Gasteiger charge is 2.25. The Balaban J connectivity index is 1.34. The summed E-state index contributed by atoms with van der Waals surface area (Å²) in [7, 11) is 0. The van der Waals surface area contributed by atoms with Gasteiger partial charge in [-0.2, -0.15) is 0 Å². The summed E-state index contributed by atoms with van der Waals surface area (Å²) in [6.45, 7) is 1.18. The molecule has 5 rings (SSSR count). The Morgan fingerprint density at radius 2 is 0.592 bits per heavy atom. The Labute approximate surface area is 278 Å². The number of esters is 5. The van der Waals surface area contributed by atoms with Gasteiger partial charge in [-0.15, -0.1) is 0 Å². The lowest BCUT2D eigenvalue weighted by molar-refractivity contribution is -0.131. The predicted octanol–water partition coefficient (Wildman–Crippen LogP) is 6.19. The second-order valence-corrected chi connectivity index (χ2v) is 9.94. The van der Waals surface area contributed by atoms with Crippen LogP contribution in [0.3, 0.4) is 0 Å². The fourth-order valence-electron chi connectivity index (χ4n) is 4.40. The third kappa shape index (κ3) is 8.02. The van der Waals surface area contributed by atoms with Crippen molar-refractivity contribution in [3.8, 4) is 28.7 Å². The lowest BCUT2D eigenvalue weighted by Gasteiger charge is -2.14. The number of para-hydroxylation sites is 5. The number of carbonyl (C=O) groups is 6. The average molecular weight is 661 g/mol. The molecule has 0 aliphatic rings. The second kappa shape index (κ2) is 15.0. The van der Waals surface area contributed by atoms with Crippen LogP contribution in [0.5, 0.6) is 28.7 Å². The molecule has 0 aromatic heterocycles. The minimum absolute atomic E-state index is 0.0348. The van der Waals surface area contributed by atoms with Gasteiger partial charge in [0.1, 0.15) is 56.6 Å². The molecule has 12 nitrogen and oxygen atoms in total. The minimum Gasteiger partial charge on any atom is -0.478 e. The number of carboxylic acid groups (broad SMARTS) is 1. The molecule has 244 valence electrons. The van der Waals surface area contributed by atoms with Gasteiger partial charge < -0.3 is 28.8 Å². The van der Waals surface area contributed by atoms with Crippen molar-refractivity contribution in [2.45, 2.75) is 6.92 Å². The van der Waals surface area contributed by atoms with Crippen molar-refractivity contribution in [2.24, 2.45) is 0 Å². The van der Waals surface area contributed by atoms with Crippen LogP contribution in [-0.4, -0.2) is 40.9 Å². The van der Waals surface area contributed by atoms with Gasteiger partial charge in [0, 0.05) is 6.92 Å². The molecule has 5 aromatic carbocycles. The van der Waals surface area contributed by atoms with E-state index in [4.69, 9.17) is 23.7 Å². The highest BCUT2D eigenvalue weighted by atomic mass is 16.6. The van der Waals surface area contributed by atoms with Crippen molar-refractivity contribution in [1.82, 2.24) is 0 Å². The first kappa shape index (κ1) is 33.3. The summed E-state index contributed by atoms with van der Waals surface area (Å²) in [4.78, 5) is 75.8. The zero-order valence-electron chi connectivity index (χ0n) is 25.5. The standard InChI is InChI=1S/C37H24O12/c1-22(38)45-29-18-8-3-13-24(29)34(41)47-31-20-10-5-15-26(31)36(43)49-32-21-11-6-16-27(32)37(44)48-30-19-9-4-14-25(30)35(42)46-28-17-7-2-12-23(28)33(39)40/h2-21H,1H3,(H,39,40). The lowest BCUT2D eigenvalue weighted by Crippen LogP contribution is -2.18. The lowest BCUT2D eigenvalue weighted by atomic mass is 10.1. The largest absolute Gasteiger partial charge is 0.478 e. The Hall–Kier alpha value is -7.08. The monoisotopic (exact) mass is 660 g/mol. The summed E-state index contributed by atoms with van der Waals surface area (Å²) >= 11 is 0. The molecule has 0 radical (unpaired) electrons. The van der Waals surface area contributed by atoms with Crippen LogP contribution in [0.25, 0.3) is 0 Å². The Kier molecular flexibility index (Phi) is 10.2. The quantitative estimate of drug-likeness (QED) is 0.133. The number of carboxylic acids is 1. The van der Waals surface area contributed by atoms with Gasteiger partial charge in [0.25, 0.3) is 0 Å². The molecule has 49 heavy (non-hydrogen) atoms. The van der Waals surface area contributed by atoms with E-state index in [1.165, 1.54) is 116 Å². The number of benzene rings is 5. The maximum atomic E-state index is 13.4. The molecule has 0 spiro atoms. The van der Waals surface area contributed by atoms with Gasteiger partial charge in [0.15, 0.2) is 0 Å². The van der Waals surface area contributed by atoms with E-state index in [1.807, 2.05) is 0 Å². The van der Waals surface area contributed by atoms with Crippen LogP contribution in [0.2, 0.25) is 0 Å². The molecule has 0 bridgehead atoms. The van der Waals surface area contributed by atoms with Crippen molar-refractivity contribution < 1.29 is 57.6 Å². The van der Waals surface area contributed by atoms with Gasteiger partial charge in [-0.25, -0.2) is 24.0 Å².